The molecule has 1 atom stereocenters. The molecule has 1 aliphatic rings. The Morgan fingerprint density at radius 1 is 1.40 bits per heavy atom. The first-order valence-corrected chi connectivity index (χ1v) is 5.41. The molecule has 82 valence electrons. The van der Waals surface area contributed by atoms with Crippen LogP contribution in [0.1, 0.15) is 38.6 Å². The minimum Gasteiger partial charge on any atom is -0.291 e. The second kappa shape index (κ2) is 4.23. The number of rotatable bonds is 2. The van der Waals surface area contributed by atoms with Crippen molar-refractivity contribution in [2.24, 2.45) is 0 Å². The van der Waals surface area contributed by atoms with Crippen LogP contribution in [-0.2, 0) is 0 Å². The van der Waals surface area contributed by atoms with E-state index in [0.29, 0.717) is 6.04 Å². The highest BCUT2D eigenvalue weighted by Gasteiger charge is 2.29. The standard InChI is InChI=1S/C11H16FN3/c1-8(2)15-5-3-4-10(15)11-13-6-9(12)7-14-11/h6-8,10H,3-5H2,1-2H3. The van der Waals surface area contributed by atoms with E-state index in [0.717, 1.165) is 18.8 Å². The molecule has 0 bridgehead atoms. The highest BCUT2D eigenvalue weighted by atomic mass is 19.1. The molecule has 1 aliphatic heterocycles. The third-order valence-corrected chi connectivity index (χ3v) is 2.90. The van der Waals surface area contributed by atoms with Crippen LogP contribution in [0.4, 0.5) is 4.39 Å². The average Bonchev–Trinajstić information content (AvgIpc) is 2.67. The number of hydrogen-bond acceptors (Lipinski definition) is 3. The molecule has 15 heavy (non-hydrogen) atoms. The number of halogens is 1. The van der Waals surface area contributed by atoms with Crippen molar-refractivity contribution < 1.29 is 4.39 Å². The molecule has 0 spiro atoms. The van der Waals surface area contributed by atoms with Crippen LogP contribution in [0.25, 0.3) is 0 Å². The van der Waals surface area contributed by atoms with Gasteiger partial charge in [0.2, 0.25) is 0 Å². The summed E-state index contributed by atoms with van der Waals surface area (Å²) in [7, 11) is 0. The van der Waals surface area contributed by atoms with E-state index < -0.39 is 0 Å². The lowest BCUT2D eigenvalue weighted by atomic mass is 10.2. The summed E-state index contributed by atoms with van der Waals surface area (Å²) in [6.07, 6.45) is 4.74. The summed E-state index contributed by atoms with van der Waals surface area (Å²) in [5.74, 6) is 0.385. The predicted octanol–water partition coefficient (Wildman–Crippen LogP) is 2.16. The first-order valence-electron chi connectivity index (χ1n) is 5.41. The van der Waals surface area contributed by atoms with Crippen molar-refractivity contribution in [1.29, 1.82) is 0 Å². The Morgan fingerprint density at radius 2 is 2.07 bits per heavy atom. The van der Waals surface area contributed by atoms with E-state index in [4.69, 9.17) is 0 Å². The van der Waals surface area contributed by atoms with Gasteiger partial charge in [-0.3, -0.25) is 4.90 Å². The van der Waals surface area contributed by atoms with Gasteiger partial charge in [0.25, 0.3) is 0 Å². The lowest BCUT2D eigenvalue weighted by Gasteiger charge is -2.26. The SMILES string of the molecule is CC(C)N1CCCC1c1ncc(F)cn1. The molecule has 2 heterocycles. The average molecular weight is 209 g/mol. The Kier molecular flexibility index (Phi) is 2.95. The van der Waals surface area contributed by atoms with Crippen molar-refractivity contribution in [1.82, 2.24) is 14.9 Å². The van der Waals surface area contributed by atoms with Gasteiger partial charge in [-0.15, -0.1) is 0 Å². The molecule has 2 rings (SSSR count). The molecule has 1 aromatic heterocycles. The molecule has 0 radical (unpaired) electrons. The van der Waals surface area contributed by atoms with Crippen molar-refractivity contribution in [2.45, 2.75) is 38.8 Å². The van der Waals surface area contributed by atoms with Gasteiger partial charge in [-0.25, -0.2) is 14.4 Å². The second-order valence-electron chi connectivity index (χ2n) is 4.25. The molecule has 1 fully saturated rings. The van der Waals surface area contributed by atoms with Gasteiger partial charge in [0, 0.05) is 6.04 Å². The van der Waals surface area contributed by atoms with Crippen LogP contribution in [0.2, 0.25) is 0 Å². The summed E-state index contributed by atoms with van der Waals surface area (Å²) in [6.45, 7) is 5.42. The van der Waals surface area contributed by atoms with Crippen LogP contribution in [0.15, 0.2) is 12.4 Å². The number of aromatic nitrogens is 2. The maximum Gasteiger partial charge on any atom is 0.159 e. The monoisotopic (exact) mass is 209 g/mol. The molecule has 0 amide bonds. The summed E-state index contributed by atoms with van der Waals surface area (Å²) < 4.78 is 12.7. The summed E-state index contributed by atoms with van der Waals surface area (Å²) in [6, 6.07) is 0.761. The summed E-state index contributed by atoms with van der Waals surface area (Å²) >= 11 is 0. The van der Waals surface area contributed by atoms with Crippen molar-refractivity contribution in [2.75, 3.05) is 6.54 Å². The lowest BCUT2D eigenvalue weighted by Crippen LogP contribution is -2.31. The third-order valence-electron chi connectivity index (χ3n) is 2.90. The fraction of sp³-hybridized carbons (Fsp3) is 0.636. The van der Waals surface area contributed by atoms with Crippen molar-refractivity contribution >= 4 is 0 Å². The fourth-order valence-electron chi connectivity index (χ4n) is 2.18. The van der Waals surface area contributed by atoms with Gasteiger partial charge in [0.15, 0.2) is 5.82 Å². The summed E-state index contributed by atoms with van der Waals surface area (Å²) in [4.78, 5) is 10.5. The van der Waals surface area contributed by atoms with Gasteiger partial charge in [0.05, 0.1) is 18.4 Å². The van der Waals surface area contributed by atoms with Gasteiger partial charge in [0.1, 0.15) is 5.82 Å². The highest BCUT2D eigenvalue weighted by Crippen LogP contribution is 2.31. The maximum absolute atomic E-state index is 12.7. The highest BCUT2D eigenvalue weighted by molar-refractivity contribution is 5.00. The maximum atomic E-state index is 12.7. The molecule has 0 aliphatic carbocycles. The third kappa shape index (κ3) is 2.15. The van der Waals surface area contributed by atoms with E-state index in [9.17, 15) is 4.39 Å². The van der Waals surface area contributed by atoms with Crippen LogP contribution in [-0.4, -0.2) is 27.5 Å². The van der Waals surface area contributed by atoms with E-state index >= 15 is 0 Å². The minimum atomic E-state index is -0.368. The van der Waals surface area contributed by atoms with E-state index in [2.05, 4.69) is 28.7 Å². The van der Waals surface area contributed by atoms with Crippen molar-refractivity contribution in [3.63, 3.8) is 0 Å². The molecule has 0 N–H and O–H groups in total. The van der Waals surface area contributed by atoms with E-state index in [1.807, 2.05) is 0 Å². The Labute approximate surface area is 89.3 Å². The number of nitrogens with zero attached hydrogens (tertiary/aromatic N) is 3. The van der Waals surface area contributed by atoms with Crippen LogP contribution >= 0.6 is 0 Å². The van der Waals surface area contributed by atoms with Crippen LogP contribution in [0.3, 0.4) is 0 Å². The first-order chi connectivity index (χ1) is 7.18. The fourth-order valence-corrected chi connectivity index (χ4v) is 2.18. The zero-order chi connectivity index (χ0) is 10.8. The molecule has 4 heteroatoms. The van der Waals surface area contributed by atoms with Gasteiger partial charge in [-0.2, -0.15) is 0 Å². The Bertz CT molecular complexity index is 323. The number of hydrogen-bond donors (Lipinski definition) is 0. The Morgan fingerprint density at radius 3 is 2.67 bits per heavy atom. The van der Waals surface area contributed by atoms with E-state index in [1.54, 1.807) is 0 Å². The molecule has 1 aromatic rings. The summed E-state index contributed by atoms with van der Waals surface area (Å²) in [5, 5.41) is 0. The quantitative estimate of drug-likeness (QED) is 0.747. The van der Waals surface area contributed by atoms with Gasteiger partial charge >= 0.3 is 0 Å². The smallest absolute Gasteiger partial charge is 0.159 e. The molecule has 1 saturated heterocycles. The van der Waals surface area contributed by atoms with E-state index in [1.165, 1.54) is 18.8 Å². The molecule has 0 aromatic carbocycles. The van der Waals surface area contributed by atoms with Gasteiger partial charge < -0.3 is 0 Å². The Hall–Kier alpha value is -1.03. The molecule has 0 saturated carbocycles. The van der Waals surface area contributed by atoms with Gasteiger partial charge in [-0.1, -0.05) is 0 Å². The zero-order valence-corrected chi connectivity index (χ0v) is 9.15. The molecular formula is C11H16FN3. The molecule has 1 unspecified atom stereocenters. The number of likely N-dealkylation sites (tertiary alicyclic amines) is 1. The predicted molar refractivity (Wildman–Crippen MR) is 55.8 cm³/mol. The largest absolute Gasteiger partial charge is 0.291 e. The van der Waals surface area contributed by atoms with Gasteiger partial charge in [-0.05, 0) is 33.2 Å². The lowest BCUT2D eigenvalue weighted by molar-refractivity contribution is 0.198. The second-order valence-corrected chi connectivity index (χ2v) is 4.25. The first kappa shape index (κ1) is 10.5. The van der Waals surface area contributed by atoms with Crippen molar-refractivity contribution in [3.05, 3.63) is 24.0 Å². The van der Waals surface area contributed by atoms with E-state index in [-0.39, 0.29) is 11.9 Å². The van der Waals surface area contributed by atoms with Crippen LogP contribution in [0, 0.1) is 5.82 Å². The summed E-state index contributed by atoms with van der Waals surface area (Å²) in [5.41, 5.74) is 0. The molecule has 3 nitrogen and oxygen atoms in total. The van der Waals surface area contributed by atoms with Crippen LogP contribution < -0.4 is 0 Å². The minimum absolute atomic E-state index is 0.269. The van der Waals surface area contributed by atoms with Crippen molar-refractivity contribution in [3.8, 4) is 0 Å². The van der Waals surface area contributed by atoms with Crippen LogP contribution in [0.5, 0.6) is 0 Å². The Balaban J connectivity index is 2.19. The molecular weight excluding hydrogens is 193 g/mol. The topological polar surface area (TPSA) is 29.0 Å². The zero-order valence-electron chi connectivity index (χ0n) is 9.15. The normalized spacial score (nSPS) is 22.5.